The fourth-order valence-corrected chi connectivity index (χ4v) is 3.87. The molecule has 1 atom stereocenters. The number of anilines is 1. The zero-order valence-electron chi connectivity index (χ0n) is 16.8. The quantitative estimate of drug-likeness (QED) is 0.711. The lowest BCUT2D eigenvalue weighted by Crippen LogP contribution is -2.31. The van der Waals surface area contributed by atoms with Gasteiger partial charge in [-0.2, -0.15) is 10.1 Å². The highest BCUT2D eigenvalue weighted by molar-refractivity contribution is 5.74. The van der Waals surface area contributed by atoms with Gasteiger partial charge in [0.25, 0.3) is 5.56 Å². The van der Waals surface area contributed by atoms with Crippen molar-refractivity contribution < 1.29 is 0 Å². The smallest absolute Gasteiger partial charge is 0.263 e. The molecule has 4 rings (SSSR count). The van der Waals surface area contributed by atoms with Gasteiger partial charge in [0.15, 0.2) is 5.65 Å². The third kappa shape index (κ3) is 3.67. The number of nitrogens with zero attached hydrogens (tertiary/aromatic N) is 4. The first-order valence-electron chi connectivity index (χ1n) is 9.95. The lowest BCUT2D eigenvalue weighted by Gasteiger charge is -2.28. The van der Waals surface area contributed by atoms with Crippen LogP contribution in [-0.4, -0.2) is 44.3 Å². The van der Waals surface area contributed by atoms with Crippen LogP contribution in [-0.2, 0) is 5.54 Å². The highest BCUT2D eigenvalue weighted by Crippen LogP contribution is 2.25. The largest absolute Gasteiger partial charge is 0.354 e. The van der Waals surface area contributed by atoms with Gasteiger partial charge in [0.2, 0.25) is 5.95 Å². The van der Waals surface area contributed by atoms with Gasteiger partial charge in [-0.1, -0.05) is 30.3 Å². The van der Waals surface area contributed by atoms with Crippen LogP contribution in [0.5, 0.6) is 0 Å². The monoisotopic (exact) mass is 380 g/mol. The molecule has 0 amide bonds. The van der Waals surface area contributed by atoms with Gasteiger partial charge < -0.3 is 5.32 Å². The number of benzene rings is 1. The minimum absolute atomic E-state index is 0.166. The molecule has 1 aliphatic heterocycles. The Morgan fingerprint density at radius 1 is 1.18 bits per heavy atom. The summed E-state index contributed by atoms with van der Waals surface area (Å²) in [4.78, 5) is 22.5. The Hall–Kier alpha value is -2.67. The first-order chi connectivity index (χ1) is 13.4. The van der Waals surface area contributed by atoms with Gasteiger partial charge in [-0.25, -0.2) is 4.68 Å². The molecule has 7 heteroatoms. The van der Waals surface area contributed by atoms with E-state index in [1.165, 1.54) is 18.4 Å². The normalized spacial score (nSPS) is 16.5. The van der Waals surface area contributed by atoms with Crippen LogP contribution in [0.15, 0.2) is 41.3 Å². The molecule has 1 unspecified atom stereocenters. The van der Waals surface area contributed by atoms with Crippen LogP contribution >= 0.6 is 0 Å². The van der Waals surface area contributed by atoms with Crippen molar-refractivity contribution in [3.63, 3.8) is 0 Å². The van der Waals surface area contributed by atoms with Gasteiger partial charge in [-0.3, -0.25) is 14.7 Å². The molecule has 0 bridgehead atoms. The Kier molecular flexibility index (Phi) is 4.93. The van der Waals surface area contributed by atoms with Crippen molar-refractivity contribution >= 4 is 17.0 Å². The van der Waals surface area contributed by atoms with Crippen LogP contribution in [0.1, 0.15) is 45.2 Å². The lowest BCUT2D eigenvalue weighted by molar-refractivity contribution is 0.255. The van der Waals surface area contributed by atoms with E-state index in [2.05, 4.69) is 49.5 Å². The molecule has 3 aromatic rings. The highest BCUT2D eigenvalue weighted by Gasteiger charge is 2.24. The van der Waals surface area contributed by atoms with Gasteiger partial charge in [-0.05, 0) is 52.3 Å². The summed E-state index contributed by atoms with van der Waals surface area (Å²) in [7, 11) is 0. The van der Waals surface area contributed by atoms with E-state index in [0.717, 1.165) is 13.1 Å². The summed E-state index contributed by atoms with van der Waals surface area (Å²) in [6.45, 7) is 9.03. The maximum Gasteiger partial charge on any atom is 0.263 e. The number of likely N-dealkylation sites (tertiary alicyclic amines) is 1. The van der Waals surface area contributed by atoms with Crippen LogP contribution in [0.2, 0.25) is 0 Å². The van der Waals surface area contributed by atoms with Crippen molar-refractivity contribution in [1.29, 1.82) is 0 Å². The molecule has 28 heavy (non-hydrogen) atoms. The van der Waals surface area contributed by atoms with Crippen molar-refractivity contribution in [2.24, 2.45) is 0 Å². The summed E-state index contributed by atoms with van der Waals surface area (Å²) in [6.07, 6.45) is 4.05. The molecule has 0 aliphatic carbocycles. The van der Waals surface area contributed by atoms with E-state index >= 15 is 0 Å². The summed E-state index contributed by atoms with van der Waals surface area (Å²) in [5.41, 5.74) is 1.47. The highest BCUT2D eigenvalue weighted by atomic mass is 16.1. The van der Waals surface area contributed by atoms with Crippen LogP contribution < -0.4 is 10.9 Å². The number of aromatic nitrogens is 4. The average molecular weight is 380 g/mol. The predicted molar refractivity (Wildman–Crippen MR) is 112 cm³/mol. The van der Waals surface area contributed by atoms with Crippen molar-refractivity contribution in [1.82, 2.24) is 24.6 Å². The molecule has 0 radical (unpaired) electrons. The second-order valence-electron chi connectivity index (χ2n) is 8.43. The number of fused-ring (bicyclic) bond motifs is 1. The Bertz CT molecular complexity index is 995. The second kappa shape index (κ2) is 7.39. The SMILES string of the molecule is CC(C)(C)n1ncc2c(=O)[nH]c(NCC(c3ccccc3)N3CCCC3)nc21. The van der Waals surface area contributed by atoms with Gasteiger partial charge in [-0.15, -0.1) is 0 Å². The van der Waals surface area contributed by atoms with Gasteiger partial charge in [0.1, 0.15) is 5.39 Å². The van der Waals surface area contributed by atoms with E-state index in [-0.39, 0.29) is 17.1 Å². The predicted octanol–water partition coefficient (Wildman–Crippen LogP) is 3.12. The van der Waals surface area contributed by atoms with Gasteiger partial charge in [0.05, 0.1) is 17.8 Å². The molecule has 3 heterocycles. The van der Waals surface area contributed by atoms with Crippen molar-refractivity contribution in [3.05, 3.63) is 52.4 Å². The molecule has 2 aromatic heterocycles. The second-order valence-corrected chi connectivity index (χ2v) is 8.43. The maximum absolute atomic E-state index is 12.5. The molecule has 1 saturated heterocycles. The van der Waals surface area contributed by atoms with E-state index in [9.17, 15) is 4.79 Å². The Morgan fingerprint density at radius 3 is 2.57 bits per heavy atom. The van der Waals surface area contributed by atoms with E-state index in [1.807, 2.05) is 26.8 Å². The van der Waals surface area contributed by atoms with Crippen LogP contribution in [0.25, 0.3) is 11.0 Å². The molecule has 1 aromatic carbocycles. The third-order valence-electron chi connectivity index (χ3n) is 5.30. The number of nitrogens with one attached hydrogen (secondary N) is 2. The Balaban J connectivity index is 1.62. The Morgan fingerprint density at radius 2 is 1.89 bits per heavy atom. The molecule has 0 saturated carbocycles. The van der Waals surface area contributed by atoms with E-state index in [4.69, 9.17) is 0 Å². The molecular formula is C21H28N6O. The lowest BCUT2D eigenvalue weighted by atomic mass is 10.1. The molecule has 1 aliphatic rings. The van der Waals surface area contributed by atoms with Crippen LogP contribution in [0, 0.1) is 0 Å². The molecule has 7 nitrogen and oxygen atoms in total. The average Bonchev–Trinajstić information content (AvgIpc) is 3.32. The number of hydrogen-bond donors (Lipinski definition) is 2. The van der Waals surface area contributed by atoms with E-state index in [1.54, 1.807) is 10.9 Å². The molecule has 0 spiro atoms. The molecule has 1 fully saturated rings. The van der Waals surface area contributed by atoms with Crippen molar-refractivity contribution in [3.8, 4) is 0 Å². The first kappa shape index (κ1) is 18.7. The Labute approximate surface area is 164 Å². The zero-order valence-corrected chi connectivity index (χ0v) is 16.8. The van der Waals surface area contributed by atoms with E-state index < -0.39 is 0 Å². The fraction of sp³-hybridized carbons (Fsp3) is 0.476. The van der Waals surface area contributed by atoms with Gasteiger partial charge >= 0.3 is 0 Å². The summed E-state index contributed by atoms with van der Waals surface area (Å²) < 4.78 is 1.80. The standard InChI is InChI=1S/C21H28N6O/c1-21(2,3)27-18-16(13-23-27)19(28)25-20(24-18)22-14-17(26-11-7-8-12-26)15-9-5-4-6-10-15/h4-6,9-10,13,17H,7-8,11-12,14H2,1-3H3,(H2,22,24,25,28). The minimum Gasteiger partial charge on any atom is -0.354 e. The maximum atomic E-state index is 12.5. The number of aromatic amines is 1. The van der Waals surface area contributed by atoms with Crippen molar-refractivity contribution in [2.45, 2.75) is 45.2 Å². The minimum atomic E-state index is -0.248. The molecular weight excluding hydrogens is 352 g/mol. The van der Waals surface area contributed by atoms with Crippen LogP contribution in [0.3, 0.4) is 0 Å². The topological polar surface area (TPSA) is 78.8 Å². The van der Waals surface area contributed by atoms with Crippen molar-refractivity contribution in [2.75, 3.05) is 25.0 Å². The summed E-state index contributed by atoms with van der Waals surface area (Å²) in [5.74, 6) is 0.489. The summed E-state index contributed by atoms with van der Waals surface area (Å²) in [5, 5.41) is 8.26. The fourth-order valence-electron chi connectivity index (χ4n) is 3.87. The zero-order chi connectivity index (χ0) is 19.7. The van der Waals surface area contributed by atoms with Gasteiger partial charge in [0, 0.05) is 6.54 Å². The van der Waals surface area contributed by atoms with Crippen LogP contribution in [0.4, 0.5) is 5.95 Å². The molecule has 148 valence electrons. The molecule has 2 N–H and O–H groups in total. The first-order valence-corrected chi connectivity index (χ1v) is 9.95. The third-order valence-corrected chi connectivity index (χ3v) is 5.30. The summed E-state index contributed by atoms with van der Waals surface area (Å²) in [6, 6.07) is 10.8. The van der Waals surface area contributed by atoms with E-state index in [0.29, 0.717) is 23.5 Å². The number of H-pyrrole nitrogens is 1. The number of hydrogen-bond acceptors (Lipinski definition) is 5. The number of rotatable bonds is 5. The summed E-state index contributed by atoms with van der Waals surface area (Å²) >= 11 is 0.